The Kier molecular flexibility index (Phi) is 4.97. The van der Waals surface area contributed by atoms with Gasteiger partial charge in [-0.25, -0.2) is 4.79 Å². The number of rotatable bonds is 3. The van der Waals surface area contributed by atoms with Gasteiger partial charge < -0.3 is 15.0 Å². The third kappa shape index (κ3) is 4.71. The molecule has 0 spiro atoms. The summed E-state index contributed by atoms with van der Waals surface area (Å²) in [5.74, 6) is 0.186. The highest BCUT2D eigenvalue weighted by molar-refractivity contribution is 5.92. The number of H-pyrrole nitrogens is 1. The first kappa shape index (κ1) is 17.3. The number of hydrogen-bond acceptors (Lipinski definition) is 4. The summed E-state index contributed by atoms with van der Waals surface area (Å²) in [7, 11) is 0. The fourth-order valence-electron chi connectivity index (χ4n) is 2.45. The molecule has 0 aromatic carbocycles. The molecule has 1 aliphatic heterocycles. The van der Waals surface area contributed by atoms with Gasteiger partial charge >= 0.3 is 6.09 Å². The molecule has 128 valence electrons. The highest BCUT2D eigenvalue weighted by Gasteiger charge is 2.30. The van der Waals surface area contributed by atoms with E-state index >= 15 is 0 Å². The Balaban J connectivity index is 1.89. The van der Waals surface area contributed by atoms with Gasteiger partial charge in [0.05, 0.1) is 11.7 Å². The molecule has 0 aliphatic carbocycles. The van der Waals surface area contributed by atoms with Crippen LogP contribution in [0.3, 0.4) is 0 Å². The quantitative estimate of drug-likeness (QED) is 0.893. The summed E-state index contributed by atoms with van der Waals surface area (Å²) in [6.07, 6.45) is 0.274. The van der Waals surface area contributed by atoms with E-state index in [2.05, 4.69) is 15.5 Å². The molecule has 2 amide bonds. The Morgan fingerprint density at radius 1 is 1.43 bits per heavy atom. The number of aromatic amines is 1. The molecule has 0 saturated carbocycles. The summed E-state index contributed by atoms with van der Waals surface area (Å²) in [6, 6.07) is 1.71. The fraction of sp³-hybridized carbons (Fsp3) is 0.688. The van der Waals surface area contributed by atoms with Crippen molar-refractivity contribution >= 4 is 12.0 Å². The number of ether oxygens (including phenoxy) is 1. The topological polar surface area (TPSA) is 87.3 Å². The maximum absolute atomic E-state index is 12.5. The molecule has 7 heteroatoms. The van der Waals surface area contributed by atoms with E-state index in [1.54, 1.807) is 11.0 Å². The predicted molar refractivity (Wildman–Crippen MR) is 86.4 cm³/mol. The lowest BCUT2D eigenvalue weighted by molar-refractivity contribution is 0.0502. The van der Waals surface area contributed by atoms with Gasteiger partial charge in [0, 0.05) is 13.1 Å². The minimum Gasteiger partial charge on any atom is -0.444 e. The average Bonchev–Trinajstić information content (AvgIpc) is 3.03. The van der Waals surface area contributed by atoms with Crippen LogP contribution in [-0.2, 0) is 4.74 Å². The van der Waals surface area contributed by atoms with Crippen molar-refractivity contribution in [3.8, 4) is 0 Å². The first-order valence-corrected chi connectivity index (χ1v) is 8.00. The van der Waals surface area contributed by atoms with Crippen molar-refractivity contribution in [3.63, 3.8) is 0 Å². The number of nitrogens with one attached hydrogen (secondary N) is 2. The zero-order valence-corrected chi connectivity index (χ0v) is 14.5. The predicted octanol–water partition coefficient (Wildman–Crippen LogP) is 2.27. The van der Waals surface area contributed by atoms with Gasteiger partial charge in [-0.3, -0.25) is 9.89 Å². The first-order chi connectivity index (χ1) is 10.7. The number of aromatic nitrogens is 2. The van der Waals surface area contributed by atoms with Crippen molar-refractivity contribution in [2.45, 2.75) is 58.6 Å². The van der Waals surface area contributed by atoms with Crippen LogP contribution in [0.1, 0.15) is 63.1 Å². The van der Waals surface area contributed by atoms with E-state index in [1.165, 1.54) is 0 Å². The minimum atomic E-state index is -0.526. The second-order valence-corrected chi connectivity index (χ2v) is 7.24. The van der Waals surface area contributed by atoms with Gasteiger partial charge in [0.2, 0.25) is 0 Å². The monoisotopic (exact) mass is 322 g/mol. The number of amides is 2. The molecule has 1 fully saturated rings. The number of nitrogens with zero attached hydrogens (tertiary/aromatic N) is 2. The van der Waals surface area contributed by atoms with Crippen LogP contribution in [0, 0.1) is 0 Å². The summed E-state index contributed by atoms with van der Waals surface area (Å²) < 4.78 is 5.24. The lowest BCUT2D eigenvalue weighted by Crippen LogP contribution is -2.41. The molecule has 1 atom stereocenters. The highest BCUT2D eigenvalue weighted by Crippen LogP contribution is 2.17. The van der Waals surface area contributed by atoms with Crippen LogP contribution in [0.2, 0.25) is 0 Å². The molecule has 23 heavy (non-hydrogen) atoms. The van der Waals surface area contributed by atoms with E-state index in [-0.39, 0.29) is 17.9 Å². The van der Waals surface area contributed by atoms with Gasteiger partial charge in [0.1, 0.15) is 11.3 Å². The van der Waals surface area contributed by atoms with Crippen LogP contribution in [-0.4, -0.2) is 51.8 Å². The number of carbonyl (C=O) groups is 2. The highest BCUT2D eigenvalue weighted by atomic mass is 16.6. The second kappa shape index (κ2) is 6.60. The Hall–Kier alpha value is -2.05. The van der Waals surface area contributed by atoms with Crippen molar-refractivity contribution in [2.75, 3.05) is 13.1 Å². The summed E-state index contributed by atoms with van der Waals surface area (Å²) in [6.45, 7) is 10.6. The first-order valence-electron chi connectivity index (χ1n) is 8.00. The van der Waals surface area contributed by atoms with Crippen molar-refractivity contribution in [1.82, 2.24) is 20.4 Å². The Labute approximate surface area is 136 Å². The molecule has 0 bridgehead atoms. The number of hydrogen-bond donors (Lipinski definition) is 2. The molecule has 7 nitrogen and oxygen atoms in total. The smallest absolute Gasteiger partial charge is 0.407 e. The maximum Gasteiger partial charge on any atom is 0.407 e. The number of alkyl carbamates (subject to hydrolysis) is 1. The van der Waals surface area contributed by atoms with Crippen molar-refractivity contribution in [3.05, 3.63) is 17.5 Å². The summed E-state index contributed by atoms with van der Waals surface area (Å²) in [5, 5.41) is 9.77. The number of carbonyl (C=O) groups excluding carboxylic acids is 2. The molecular formula is C16H26N4O3. The number of likely N-dealkylation sites (tertiary alicyclic amines) is 1. The van der Waals surface area contributed by atoms with Crippen LogP contribution in [0.5, 0.6) is 0 Å². The van der Waals surface area contributed by atoms with Crippen LogP contribution in [0.15, 0.2) is 6.07 Å². The molecule has 1 aromatic heterocycles. The van der Waals surface area contributed by atoms with E-state index in [0.29, 0.717) is 18.8 Å². The third-order valence-corrected chi connectivity index (χ3v) is 3.62. The van der Waals surface area contributed by atoms with Crippen LogP contribution >= 0.6 is 0 Å². The summed E-state index contributed by atoms with van der Waals surface area (Å²) >= 11 is 0. The zero-order valence-electron chi connectivity index (χ0n) is 14.5. The minimum absolute atomic E-state index is 0.0821. The molecular weight excluding hydrogens is 296 g/mol. The normalized spacial score (nSPS) is 18.3. The van der Waals surface area contributed by atoms with E-state index in [0.717, 1.165) is 12.1 Å². The van der Waals surface area contributed by atoms with Gasteiger partial charge in [0.25, 0.3) is 5.91 Å². The second-order valence-electron chi connectivity index (χ2n) is 7.24. The lowest BCUT2D eigenvalue weighted by atomic mass is 10.1. The fourth-order valence-corrected chi connectivity index (χ4v) is 2.45. The Morgan fingerprint density at radius 2 is 2.13 bits per heavy atom. The average molecular weight is 322 g/mol. The largest absolute Gasteiger partial charge is 0.444 e. The van der Waals surface area contributed by atoms with Crippen molar-refractivity contribution < 1.29 is 14.3 Å². The van der Waals surface area contributed by atoms with E-state index in [4.69, 9.17) is 4.74 Å². The van der Waals surface area contributed by atoms with Gasteiger partial charge in [-0.1, -0.05) is 13.8 Å². The maximum atomic E-state index is 12.5. The molecule has 1 aliphatic rings. The van der Waals surface area contributed by atoms with Gasteiger partial charge in [-0.05, 0) is 39.2 Å². The molecule has 2 N–H and O–H groups in total. The van der Waals surface area contributed by atoms with Crippen LogP contribution < -0.4 is 5.32 Å². The lowest BCUT2D eigenvalue weighted by Gasteiger charge is -2.22. The standard InChI is InChI=1S/C16H26N4O3/c1-10(2)12-8-13(19-18-12)14(21)20-7-6-11(9-20)17-15(22)23-16(3,4)5/h8,10-11H,6-7,9H2,1-5H3,(H,17,22)(H,18,19). The third-order valence-electron chi connectivity index (χ3n) is 3.62. The molecule has 1 aromatic rings. The van der Waals surface area contributed by atoms with Crippen LogP contribution in [0.4, 0.5) is 4.79 Å². The van der Waals surface area contributed by atoms with E-state index in [1.807, 2.05) is 34.6 Å². The Bertz CT molecular complexity index is 574. The molecule has 1 saturated heterocycles. The van der Waals surface area contributed by atoms with Crippen molar-refractivity contribution in [1.29, 1.82) is 0 Å². The zero-order chi connectivity index (χ0) is 17.2. The summed E-state index contributed by atoms with van der Waals surface area (Å²) in [5.41, 5.74) is 0.837. The van der Waals surface area contributed by atoms with Crippen molar-refractivity contribution in [2.24, 2.45) is 0 Å². The molecule has 2 rings (SSSR count). The SMILES string of the molecule is CC(C)c1cc(C(=O)N2CCC(NC(=O)OC(C)(C)C)C2)[nH]n1. The molecule has 1 unspecified atom stereocenters. The Morgan fingerprint density at radius 3 is 2.70 bits per heavy atom. The van der Waals surface area contributed by atoms with Gasteiger partial charge in [-0.2, -0.15) is 5.10 Å². The molecule has 0 radical (unpaired) electrons. The van der Waals surface area contributed by atoms with Gasteiger partial charge in [-0.15, -0.1) is 0 Å². The van der Waals surface area contributed by atoms with Crippen LogP contribution in [0.25, 0.3) is 0 Å². The van der Waals surface area contributed by atoms with E-state index < -0.39 is 11.7 Å². The summed E-state index contributed by atoms with van der Waals surface area (Å²) in [4.78, 5) is 26.0. The van der Waals surface area contributed by atoms with Gasteiger partial charge in [0.15, 0.2) is 0 Å². The molecule has 2 heterocycles. The van der Waals surface area contributed by atoms with E-state index in [9.17, 15) is 9.59 Å².